The van der Waals surface area contributed by atoms with Crippen LogP contribution < -0.4 is 15.8 Å². The molecule has 3 aliphatic heterocycles. The molecule has 0 bridgehead atoms. The van der Waals surface area contributed by atoms with E-state index in [9.17, 15) is 44.4 Å². The number of carbonyl (C=O) groups excluding carboxylic acids is 3. The Morgan fingerprint density at radius 2 is 1.57 bits per heavy atom. The summed E-state index contributed by atoms with van der Waals surface area (Å²) in [6.07, 6.45) is -6.89. The summed E-state index contributed by atoms with van der Waals surface area (Å²) < 4.78 is 52.8. The number of fused-ring (bicyclic) bond motifs is 1. The zero-order valence-corrected chi connectivity index (χ0v) is 48.7. The molecule has 2 aromatic heterocycles. The number of carboxylic acids is 1. The number of rotatable bonds is 18. The smallest absolute Gasteiger partial charge is 0.341 e. The molecule has 18 atom stereocenters. The van der Waals surface area contributed by atoms with E-state index in [0.29, 0.717) is 29.3 Å². The molecule has 1 unspecified atom stereocenters. The van der Waals surface area contributed by atoms with Gasteiger partial charge in [0.15, 0.2) is 18.7 Å². The highest BCUT2D eigenvalue weighted by Crippen LogP contribution is 2.42. The Bertz CT molecular complexity index is 2410. The van der Waals surface area contributed by atoms with Gasteiger partial charge in [-0.05, 0) is 81.0 Å². The summed E-state index contributed by atoms with van der Waals surface area (Å²) in [5.41, 5.74) is -5.03. The molecule has 0 aliphatic carbocycles. The van der Waals surface area contributed by atoms with Gasteiger partial charge in [-0.15, -0.1) is 11.8 Å². The Balaban J connectivity index is 1.35. The van der Waals surface area contributed by atoms with Crippen molar-refractivity contribution in [2.75, 3.05) is 66.3 Å². The third kappa shape index (κ3) is 14.6. The molecule has 3 fully saturated rings. The zero-order chi connectivity index (χ0) is 57.6. The van der Waals surface area contributed by atoms with Gasteiger partial charge in [0, 0.05) is 83.6 Å². The van der Waals surface area contributed by atoms with E-state index in [1.807, 2.05) is 32.8 Å². The lowest BCUT2D eigenvalue weighted by molar-refractivity contribution is -0.320. The second-order valence-electron chi connectivity index (χ2n) is 22.4. The number of methoxy groups -OCH3 is 2. The number of nitrogens with zero attached hydrogens (tertiary/aromatic N) is 4. The van der Waals surface area contributed by atoms with Crippen molar-refractivity contribution in [3.05, 3.63) is 34.2 Å². The molecule has 23 heteroatoms. The molecule has 0 spiro atoms. The Morgan fingerprint density at radius 3 is 2.17 bits per heavy atom. The van der Waals surface area contributed by atoms with Gasteiger partial charge >= 0.3 is 17.9 Å². The van der Waals surface area contributed by atoms with Crippen molar-refractivity contribution >= 4 is 46.4 Å². The molecular formula is C54H87N5O17S. The number of aliphatic hydroxyl groups excluding tert-OH is 2. The molecule has 5 rings (SSSR count). The first-order chi connectivity index (χ1) is 36.0. The van der Waals surface area contributed by atoms with E-state index < -0.39 is 119 Å². The topological polar surface area (TPSA) is 276 Å². The predicted octanol–water partition coefficient (Wildman–Crippen LogP) is 3.37. The van der Waals surface area contributed by atoms with Crippen molar-refractivity contribution in [2.45, 2.75) is 191 Å². The number of aromatic carboxylic acids is 1. The number of thioether (sulfide) groups is 1. The van der Waals surface area contributed by atoms with Crippen LogP contribution in [0.3, 0.4) is 0 Å². The Morgan fingerprint density at radius 1 is 0.922 bits per heavy atom. The number of nitrogens with one attached hydrogen (secondary N) is 1. The number of aliphatic hydroxyl groups is 3. The first kappa shape index (κ1) is 64.0. The summed E-state index contributed by atoms with van der Waals surface area (Å²) in [6.45, 7) is 17.7. The predicted molar refractivity (Wildman–Crippen MR) is 286 cm³/mol. The van der Waals surface area contributed by atoms with Crippen LogP contribution in [0.25, 0.3) is 10.9 Å². The molecule has 436 valence electrons. The highest BCUT2D eigenvalue weighted by atomic mass is 32.2. The molecule has 0 saturated carbocycles. The van der Waals surface area contributed by atoms with Crippen LogP contribution in [0.4, 0.5) is 0 Å². The van der Waals surface area contributed by atoms with E-state index in [-0.39, 0.29) is 61.1 Å². The van der Waals surface area contributed by atoms with Crippen molar-refractivity contribution < 1.29 is 77.5 Å². The van der Waals surface area contributed by atoms with Gasteiger partial charge in [0.2, 0.25) is 5.43 Å². The average Bonchev–Trinajstić information content (AvgIpc) is 3.37. The fourth-order valence-corrected chi connectivity index (χ4v) is 12.1. The lowest BCUT2D eigenvalue weighted by Gasteiger charge is -2.50. The summed E-state index contributed by atoms with van der Waals surface area (Å²) in [5, 5.41) is 50.5. The van der Waals surface area contributed by atoms with Gasteiger partial charge in [-0.3, -0.25) is 23.9 Å². The third-order valence-electron chi connectivity index (χ3n) is 16.0. The highest BCUT2D eigenvalue weighted by molar-refractivity contribution is 7.99. The van der Waals surface area contributed by atoms with Gasteiger partial charge in [-0.25, -0.2) is 9.78 Å². The van der Waals surface area contributed by atoms with Crippen LogP contribution in [0.15, 0.2) is 28.3 Å². The van der Waals surface area contributed by atoms with Crippen LogP contribution in [0.5, 0.6) is 0 Å². The minimum atomic E-state index is -2.03. The van der Waals surface area contributed by atoms with Crippen LogP contribution in [0.1, 0.15) is 112 Å². The van der Waals surface area contributed by atoms with Crippen LogP contribution in [0, 0.1) is 23.7 Å². The van der Waals surface area contributed by atoms with Gasteiger partial charge in [0.25, 0.3) is 0 Å². The molecule has 3 saturated heterocycles. The normalized spacial score (nSPS) is 36.8. The first-order valence-electron chi connectivity index (χ1n) is 26.7. The third-order valence-corrected chi connectivity index (χ3v) is 17.0. The molecular weight excluding hydrogens is 1020 g/mol. The van der Waals surface area contributed by atoms with E-state index in [4.69, 9.17) is 37.9 Å². The standard InChI is InChI=1S/C54H87N5O17S/c1-17-38-54(10,68)46(64)30(4)42(61)28(2)24-52(8,69-15)47(76-51-44(63)36(57(11)12)22-29(3)71-51)31(5)45(32(6)50(67)73-38)75-41-25-53(9,70-16)48(33(7)72-41)74-40(60)18-19-55-20-21-77-39-23-34-37(26-56-39)59(58(13)14)27-35(43(34)62)49(65)66/h23,26-33,36,38,41,44-48,51,55,63-64,68H,17-22,24-25H2,1-16H3,(H,65,66)/t28-,29-,30?,31+,32-,33+,36+,38-,41+,44-,45+,46-,47-,48+,51+,52-,53-,54-/m1/s1. The number of carbonyl (C=O) groups is 4. The monoisotopic (exact) mass is 1110 g/mol. The minimum Gasteiger partial charge on any atom is -0.477 e. The Hall–Kier alpha value is -3.85. The lowest BCUT2D eigenvalue weighted by atomic mass is 9.74. The number of ketones is 1. The van der Waals surface area contributed by atoms with Crippen molar-refractivity contribution in [3.63, 3.8) is 0 Å². The number of pyridine rings is 2. The number of aromatic nitrogens is 2. The molecule has 3 aliphatic rings. The lowest BCUT2D eigenvalue weighted by Crippen LogP contribution is -2.61. The van der Waals surface area contributed by atoms with Crippen molar-refractivity contribution in [2.24, 2.45) is 23.7 Å². The second-order valence-corrected chi connectivity index (χ2v) is 23.5. The minimum absolute atomic E-state index is 0.00200. The summed E-state index contributed by atoms with van der Waals surface area (Å²) in [4.78, 5) is 73.5. The maximum absolute atomic E-state index is 14.6. The van der Waals surface area contributed by atoms with Gasteiger partial charge in [0.05, 0.1) is 70.6 Å². The fourth-order valence-electron chi connectivity index (χ4n) is 11.3. The molecule has 0 amide bonds. The van der Waals surface area contributed by atoms with Crippen molar-refractivity contribution in [3.8, 4) is 0 Å². The highest BCUT2D eigenvalue weighted by Gasteiger charge is 2.55. The molecule has 0 aromatic carbocycles. The fraction of sp³-hybridized carbons (Fsp3) is 0.778. The first-order valence-corrected chi connectivity index (χ1v) is 27.7. The van der Waals surface area contributed by atoms with Gasteiger partial charge in [-0.1, -0.05) is 27.7 Å². The molecule has 5 heterocycles. The number of likely N-dealkylation sites (N-methyl/N-ethyl adjacent to an activating group) is 1. The maximum Gasteiger partial charge on any atom is 0.341 e. The quantitative estimate of drug-likeness (QED) is 0.0813. The van der Waals surface area contributed by atoms with Crippen LogP contribution in [-0.4, -0.2) is 204 Å². The number of esters is 2. The van der Waals surface area contributed by atoms with E-state index in [1.54, 1.807) is 71.4 Å². The molecule has 2 aromatic rings. The second kappa shape index (κ2) is 26.6. The van der Waals surface area contributed by atoms with Crippen molar-refractivity contribution in [1.29, 1.82) is 0 Å². The number of carboxylic acid groups (broad SMARTS) is 1. The maximum atomic E-state index is 14.6. The number of hydrogen-bond acceptors (Lipinski definition) is 21. The summed E-state index contributed by atoms with van der Waals surface area (Å²) in [7, 11) is 10.2. The number of hydrogen-bond donors (Lipinski definition) is 5. The molecule has 0 radical (unpaired) electrons. The molecule has 77 heavy (non-hydrogen) atoms. The number of cyclic esters (lactones) is 1. The van der Waals surface area contributed by atoms with Gasteiger partial charge in [-0.2, -0.15) is 0 Å². The van der Waals surface area contributed by atoms with E-state index in [0.717, 1.165) is 0 Å². The van der Waals surface area contributed by atoms with Gasteiger partial charge in [0.1, 0.15) is 34.8 Å². The van der Waals surface area contributed by atoms with E-state index in [1.165, 1.54) is 52.2 Å². The summed E-state index contributed by atoms with van der Waals surface area (Å²) in [5.74, 6) is -6.19. The van der Waals surface area contributed by atoms with Crippen LogP contribution in [0.2, 0.25) is 0 Å². The number of Topliss-reactive ketones (excluding diaryl/α,β-unsaturated/α-hetero) is 1. The Labute approximate surface area is 457 Å². The van der Waals surface area contributed by atoms with Crippen molar-refractivity contribution in [1.82, 2.24) is 19.9 Å². The average molecular weight is 1110 g/mol. The zero-order valence-electron chi connectivity index (χ0n) is 47.8. The van der Waals surface area contributed by atoms with Crippen LogP contribution >= 0.6 is 11.8 Å². The summed E-state index contributed by atoms with van der Waals surface area (Å²) >= 11 is 1.36. The molecule has 22 nitrogen and oxygen atoms in total. The largest absolute Gasteiger partial charge is 0.477 e. The molecule has 5 N–H and O–H groups in total. The van der Waals surface area contributed by atoms with Gasteiger partial charge < -0.3 is 73.5 Å². The summed E-state index contributed by atoms with van der Waals surface area (Å²) in [6, 6.07) is 1.24. The van der Waals surface area contributed by atoms with E-state index >= 15 is 0 Å². The number of ether oxygens (including phenoxy) is 8. The van der Waals surface area contributed by atoms with Crippen LogP contribution in [-0.2, 0) is 52.3 Å². The van der Waals surface area contributed by atoms with E-state index in [2.05, 4.69) is 10.3 Å². The Kier molecular flexibility index (Phi) is 22.1. The SMILES string of the molecule is CC[C@H]1OC(=O)[C@H](C)[C@@H](O[C@H]2C[C@@](C)(OC)[C@@H](OC(=O)CCNCCSc3cc4c(=O)c(C(=O)O)cn(N(C)C)c4cn3)[C@H](C)O2)[C@H](C)[C@@H](O[C@@H]2O[C@H](C)C[C@H](N(C)C)[C@H]2O)[C@](C)(OC)C[C@@H](C)C(=O)C(C)[C@@H](O)[C@]1(C)O.